The van der Waals surface area contributed by atoms with Gasteiger partial charge in [0.25, 0.3) is 5.91 Å². The van der Waals surface area contributed by atoms with Crippen molar-refractivity contribution < 1.29 is 22.7 Å². The molecule has 0 saturated heterocycles. The first kappa shape index (κ1) is 26.1. The number of nitrogens with one attached hydrogen (secondary N) is 1. The number of benzene rings is 2. The van der Waals surface area contributed by atoms with Crippen LogP contribution in [0.1, 0.15) is 57.0 Å². The summed E-state index contributed by atoms with van der Waals surface area (Å²) in [4.78, 5) is 27.0. The van der Waals surface area contributed by atoms with Gasteiger partial charge in [-0.2, -0.15) is 4.31 Å². The van der Waals surface area contributed by atoms with E-state index in [1.807, 2.05) is 30.3 Å². The molecule has 2 aromatic carbocycles. The number of rotatable bonds is 8. The lowest BCUT2D eigenvalue weighted by atomic mass is 9.88. The van der Waals surface area contributed by atoms with Crippen LogP contribution in [0.5, 0.6) is 0 Å². The van der Waals surface area contributed by atoms with Gasteiger partial charge in [-0.25, -0.2) is 13.2 Å². The molecule has 4 rings (SSSR count). The zero-order chi connectivity index (χ0) is 25.9. The Kier molecular flexibility index (Phi) is 7.92. The summed E-state index contributed by atoms with van der Waals surface area (Å²) >= 11 is 1.42. The highest BCUT2D eigenvalue weighted by Crippen LogP contribution is 2.40. The van der Waals surface area contributed by atoms with Gasteiger partial charge in [-0.1, -0.05) is 37.3 Å². The lowest BCUT2D eigenvalue weighted by molar-refractivity contribution is 0.0526. The number of esters is 1. The Hall–Kier alpha value is -3.01. The lowest BCUT2D eigenvalue weighted by Gasteiger charge is -2.18. The van der Waals surface area contributed by atoms with Crippen LogP contribution in [0, 0.1) is 5.92 Å². The predicted octanol–water partition coefficient (Wildman–Crippen LogP) is 5.12. The van der Waals surface area contributed by atoms with Gasteiger partial charge >= 0.3 is 5.97 Å². The number of nitrogens with zero attached hydrogens (tertiary/aromatic N) is 1. The Morgan fingerprint density at radius 2 is 1.81 bits per heavy atom. The molecule has 1 atom stereocenters. The van der Waals surface area contributed by atoms with Crippen LogP contribution >= 0.6 is 11.3 Å². The summed E-state index contributed by atoms with van der Waals surface area (Å²) in [6.45, 7) is 4.42. The standard InChI is InChI=1S/C27H30N2O5S2/c1-4-34-27(31)24-22-15-10-18(2)16-23(22)35-26(24)28-25(30)20-11-13-21(14-12-20)36(32,33)29(3)17-19-8-6-5-7-9-19/h5-9,11-14,18H,4,10,15-17H2,1-3H3,(H,28,30). The van der Waals surface area contributed by atoms with E-state index < -0.39 is 21.9 Å². The normalized spacial score (nSPS) is 15.4. The van der Waals surface area contributed by atoms with Gasteiger partial charge in [-0.05, 0) is 67.5 Å². The van der Waals surface area contributed by atoms with Crippen molar-refractivity contribution in [1.82, 2.24) is 4.31 Å². The monoisotopic (exact) mass is 526 g/mol. The van der Waals surface area contributed by atoms with Crippen molar-refractivity contribution in [2.24, 2.45) is 5.92 Å². The predicted molar refractivity (Wildman–Crippen MR) is 141 cm³/mol. The van der Waals surface area contributed by atoms with Crippen molar-refractivity contribution in [3.63, 3.8) is 0 Å². The third kappa shape index (κ3) is 5.53. The first-order valence-electron chi connectivity index (χ1n) is 11.9. The van der Waals surface area contributed by atoms with Crippen LogP contribution < -0.4 is 5.32 Å². The number of carbonyl (C=O) groups is 2. The highest BCUT2D eigenvalue weighted by atomic mass is 32.2. The second-order valence-corrected chi connectivity index (χ2v) is 12.2. The summed E-state index contributed by atoms with van der Waals surface area (Å²) in [5.74, 6) is -0.319. The minimum Gasteiger partial charge on any atom is -0.462 e. The van der Waals surface area contributed by atoms with Gasteiger partial charge in [-0.15, -0.1) is 11.3 Å². The summed E-state index contributed by atoms with van der Waals surface area (Å²) in [7, 11) is -2.20. The number of carbonyl (C=O) groups excluding carboxylic acids is 2. The number of amides is 1. The molecule has 3 aromatic rings. The summed E-state index contributed by atoms with van der Waals surface area (Å²) in [5.41, 5.74) is 2.59. The minimum atomic E-state index is -3.73. The number of thiophene rings is 1. The zero-order valence-corrected chi connectivity index (χ0v) is 22.2. The third-order valence-corrected chi connectivity index (χ3v) is 9.28. The molecule has 9 heteroatoms. The van der Waals surface area contributed by atoms with Crippen molar-refractivity contribution >= 4 is 38.2 Å². The van der Waals surface area contributed by atoms with Crippen molar-refractivity contribution in [2.75, 3.05) is 19.0 Å². The molecule has 36 heavy (non-hydrogen) atoms. The molecule has 0 fully saturated rings. The second kappa shape index (κ2) is 10.9. The molecule has 1 amide bonds. The van der Waals surface area contributed by atoms with Crippen LogP contribution in [-0.2, 0) is 34.1 Å². The van der Waals surface area contributed by atoms with Crippen molar-refractivity contribution in [3.05, 3.63) is 81.7 Å². The highest BCUT2D eigenvalue weighted by Gasteiger charge is 2.29. The molecule has 1 aromatic heterocycles. The van der Waals surface area contributed by atoms with E-state index >= 15 is 0 Å². The molecule has 1 heterocycles. The number of hydrogen-bond acceptors (Lipinski definition) is 6. The van der Waals surface area contributed by atoms with Crippen LogP contribution in [0.2, 0.25) is 0 Å². The van der Waals surface area contributed by atoms with E-state index in [-0.39, 0.29) is 18.0 Å². The van der Waals surface area contributed by atoms with Gasteiger partial charge < -0.3 is 10.1 Å². The van der Waals surface area contributed by atoms with Crippen LogP contribution in [-0.4, -0.2) is 38.3 Å². The highest BCUT2D eigenvalue weighted by molar-refractivity contribution is 7.89. The molecule has 7 nitrogen and oxygen atoms in total. The summed E-state index contributed by atoms with van der Waals surface area (Å²) in [6.07, 6.45) is 2.63. The first-order chi connectivity index (χ1) is 17.2. The van der Waals surface area contributed by atoms with Gasteiger partial charge in [0.1, 0.15) is 5.00 Å². The first-order valence-corrected chi connectivity index (χ1v) is 14.2. The molecular weight excluding hydrogens is 496 g/mol. The molecule has 0 aliphatic heterocycles. The molecule has 0 saturated carbocycles. The fourth-order valence-corrected chi connectivity index (χ4v) is 6.87. The topological polar surface area (TPSA) is 92.8 Å². The summed E-state index contributed by atoms with van der Waals surface area (Å²) in [6, 6.07) is 15.2. The largest absolute Gasteiger partial charge is 0.462 e. The lowest BCUT2D eigenvalue weighted by Crippen LogP contribution is -2.26. The van der Waals surface area contributed by atoms with E-state index in [9.17, 15) is 18.0 Å². The molecule has 0 spiro atoms. The van der Waals surface area contributed by atoms with Gasteiger partial charge in [-0.3, -0.25) is 4.79 Å². The Labute approximate surface area is 216 Å². The van der Waals surface area contributed by atoms with E-state index in [2.05, 4.69) is 12.2 Å². The number of ether oxygens (including phenoxy) is 1. The fourth-order valence-electron chi connectivity index (χ4n) is 4.32. The fraction of sp³-hybridized carbons (Fsp3) is 0.333. The van der Waals surface area contributed by atoms with E-state index in [0.29, 0.717) is 22.0 Å². The van der Waals surface area contributed by atoms with Crippen LogP contribution in [0.3, 0.4) is 0 Å². The van der Waals surface area contributed by atoms with Gasteiger partial charge in [0.15, 0.2) is 0 Å². The Bertz CT molecular complexity index is 1350. The molecule has 0 bridgehead atoms. The average Bonchev–Trinajstić information content (AvgIpc) is 3.21. The molecule has 190 valence electrons. The van der Waals surface area contributed by atoms with Gasteiger partial charge in [0, 0.05) is 24.0 Å². The Balaban J connectivity index is 1.53. The molecule has 0 radical (unpaired) electrons. The maximum atomic E-state index is 13.0. The smallest absolute Gasteiger partial charge is 0.341 e. The van der Waals surface area contributed by atoms with E-state index in [1.54, 1.807) is 6.92 Å². The molecule has 1 N–H and O–H groups in total. The third-order valence-electron chi connectivity index (χ3n) is 6.29. The van der Waals surface area contributed by atoms with Crippen LogP contribution in [0.15, 0.2) is 59.5 Å². The van der Waals surface area contributed by atoms with E-state index in [0.717, 1.165) is 35.3 Å². The molecular formula is C27H30N2O5S2. The van der Waals surface area contributed by atoms with E-state index in [1.165, 1.54) is 47.0 Å². The zero-order valence-electron chi connectivity index (χ0n) is 20.6. The van der Waals surface area contributed by atoms with E-state index in [4.69, 9.17) is 4.74 Å². The van der Waals surface area contributed by atoms with Crippen LogP contribution in [0.4, 0.5) is 5.00 Å². The summed E-state index contributed by atoms with van der Waals surface area (Å²) < 4.78 is 32.6. The second-order valence-electron chi connectivity index (χ2n) is 9.00. The van der Waals surface area contributed by atoms with Gasteiger partial charge in [0.2, 0.25) is 10.0 Å². The minimum absolute atomic E-state index is 0.102. The SMILES string of the molecule is CCOC(=O)c1c(NC(=O)c2ccc(S(=O)(=O)N(C)Cc3ccccc3)cc2)sc2c1CCC(C)C2. The summed E-state index contributed by atoms with van der Waals surface area (Å²) in [5, 5.41) is 3.35. The maximum absolute atomic E-state index is 13.0. The number of sulfonamides is 1. The molecule has 1 aliphatic carbocycles. The van der Waals surface area contributed by atoms with Crippen molar-refractivity contribution in [3.8, 4) is 0 Å². The number of fused-ring (bicyclic) bond motifs is 1. The molecule has 1 unspecified atom stereocenters. The molecule has 1 aliphatic rings. The Morgan fingerprint density at radius 1 is 1.11 bits per heavy atom. The maximum Gasteiger partial charge on any atom is 0.341 e. The Morgan fingerprint density at radius 3 is 2.47 bits per heavy atom. The quantitative estimate of drug-likeness (QED) is 0.411. The van der Waals surface area contributed by atoms with Crippen molar-refractivity contribution in [2.45, 2.75) is 44.6 Å². The average molecular weight is 527 g/mol. The number of anilines is 1. The van der Waals surface area contributed by atoms with Gasteiger partial charge in [0.05, 0.1) is 17.1 Å². The van der Waals surface area contributed by atoms with Crippen molar-refractivity contribution in [1.29, 1.82) is 0 Å². The number of hydrogen-bond donors (Lipinski definition) is 1. The van der Waals surface area contributed by atoms with Crippen LogP contribution in [0.25, 0.3) is 0 Å².